The number of nitrogens with zero attached hydrogens (tertiary/aromatic N) is 2. The van der Waals surface area contributed by atoms with Crippen molar-refractivity contribution in [2.24, 2.45) is 4.40 Å². The molecule has 0 saturated carbocycles. The van der Waals surface area contributed by atoms with Crippen LogP contribution >= 0.6 is 23.4 Å². The molecule has 0 spiro atoms. The molecular formula is C18H18ClN3O3S2. The van der Waals surface area contributed by atoms with Gasteiger partial charge >= 0.3 is 0 Å². The number of aryl methyl sites for hydroxylation is 1. The van der Waals surface area contributed by atoms with Gasteiger partial charge in [-0.3, -0.25) is 4.79 Å². The van der Waals surface area contributed by atoms with E-state index in [2.05, 4.69) is 9.71 Å². The average molecular weight is 424 g/mol. The molecular weight excluding hydrogens is 406 g/mol. The van der Waals surface area contributed by atoms with Crippen molar-refractivity contribution < 1.29 is 13.2 Å². The monoisotopic (exact) mass is 423 g/mol. The lowest BCUT2D eigenvalue weighted by atomic mass is 10.2. The van der Waals surface area contributed by atoms with Crippen LogP contribution in [0.3, 0.4) is 0 Å². The molecule has 2 aromatic carbocycles. The molecule has 1 heterocycles. The molecule has 0 bridgehead atoms. The van der Waals surface area contributed by atoms with Crippen LogP contribution in [0.1, 0.15) is 12.5 Å². The number of carbonyl (C=O) groups is 1. The highest BCUT2D eigenvalue weighted by Crippen LogP contribution is 2.33. The van der Waals surface area contributed by atoms with E-state index in [9.17, 15) is 13.2 Å². The Labute approximate surface area is 167 Å². The number of amidine groups is 1. The molecule has 1 N–H and O–H groups in total. The number of nitrogens with one attached hydrogen (secondary N) is 1. The highest BCUT2D eigenvalue weighted by Gasteiger charge is 2.30. The molecule has 0 radical (unpaired) electrons. The Morgan fingerprint density at radius 2 is 2.00 bits per heavy atom. The highest BCUT2D eigenvalue weighted by molar-refractivity contribution is 8.15. The summed E-state index contributed by atoms with van der Waals surface area (Å²) < 4.78 is 28.7. The molecule has 142 valence electrons. The Bertz CT molecular complexity index is 1020. The molecule has 0 aliphatic carbocycles. The Balaban J connectivity index is 1.75. The number of benzene rings is 2. The molecule has 0 aromatic heterocycles. The fraction of sp³-hybridized carbons (Fsp3) is 0.222. The van der Waals surface area contributed by atoms with Gasteiger partial charge in [0.2, 0.25) is 5.91 Å². The second kappa shape index (κ2) is 7.92. The van der Waals surface area contributed by atoms with E-state index >= 15 is 0 Å². The first kappa shape index (κ1) is 19.7. The topological polar surface area (TPSA) is 78.8 Å². The van der Waals surface area contributed by atoms with Crippen LogP contribution in [0.25, 0.3) is 0 Å². The van der Waals surface area contributed by atoms with Crippen LogP contribution in [0, 0.1) is 6.92 Å². The molecule has 0 saturated heterocycles. The minimum Gasteiger partial charge on any atom is -0.324 e. The second-order valence-corrected chi connectivity index (χ2v) is 8.80. The number of fused-ring (bicyclic) bond motifs is 1. The number of para-hydroxylation sites is 1. The van der Waals surface area contributed by atoms with E-state index in [1.165, 1.54) is 6.07 Å². The molecule has 1 aliphatic rings. The van der Waals surface area contributed by atoms with Crippen LogP contribution < -0.4 is 10.2 Å². The molecule has 6 nitrogen and oxygen atoms in total. The first-order valence-corrected chi connectivity index (χ1v) is 11.0. The van der Waals surface area contributed by atoms with Gasteiger partial charge in [0.05, 0.1) is 22.2 Å². The van der Waals surface area contributed by atoms with Crippen molar-refractivity contribution in [3.8, 4) is 0 Å². The molecule has 0 unspecified atom stereocenters. The van der Waals surface area contributed by atoms with Crippen molar-refractivity contribution in [2.75, 3.05) is 22.5 Å². The summed E-state index contributed by atoms with van der Waals surface area (Å²) >= 11 is 7.20. The molecule has 1 aliphatic heterocycles. The lowest BCUT2D eigenvalue weighted by Gasteiger charge is -2.29. The van der Waals surface area contributed by atoms with Crippen molar-refractivity contribution in [1.29, 1.82) is 0 Å². The fourth-order valence-corrected chi connectivity index (χ4v) is 5.25. The van der Waals surface area contributed by atoms with Gasteiger partial charge in [-0.05, 0) is 43.7 Å². The Morgan fingerprint density at radius 1 is 1.26 bits per heavy atom. The second-order valence-electron chi connectivity index (χ2n) is 5.88. The van der Waals surface area contributed by atoms with Gasteiger partial charge in [0.1, 0.15) is 4.90 Å². The number of hydrogen-bond donors (Lipinski definition) is 1. The number of halogens is 1. The van der Waals surface area contributed by atoms with E-state index in [4.69, 9.17) is 11.6 Å². The van der Waals surface area contributed by atoms with Crippen LogP contribution in [0.15, 0.2) is 51.8 Å². The number of rotatable bonds is 4. The third-order valence-electron chi connectivity index (χ3n) is 3.91. The maximum Gasteiger partial charge on any atom is 0.286 e. The van der Waals surface area contributed by atoms with Crippen LogP contribution in [-0.2, 0) is 14.8 Å². The minimum atomic E-state index is -3.78. The largest absolute Gasteiger partial charge is 0.324 e. The van der Waals surface area contributed by atoms with Gasteiger partial charge in [-0.1, -0.05) is 41.6 Å². The van der Waals surface area contributed by atoms with Crippen molar-refractivity contribution >= 4 is 55.8 Å². The predicted molar refractivity (Wildman–Crippen MR) is 111 cm³/mol. The van der Waals surface area contributed by atoms with Crippen LogP contribution in [-0.4, -0.2) is 31.8 Å². The molecule has 27 heavy (non-hydrogen) atoms. The van der Waals surface area contributed by atoms with Crippen molar-refractivity contribution in [2.45, 2.75) is 18.7 Å². The third kappa shape index (κ3) is 4.28. The third-order valence-corrected chi connectivity index (χ3v) is 6.63. The van der Waals surface area contributed by atoms with Gasteiger partial charge in [0.15, 0.2) is 5.17 Å². The number of hydrogen-bond acceptors (Lipinski definition) is 5. The Morgan fingerprint density at radius 3 is 2.70 bits per heavy atom. The minimum absolute atomic E-state index is 0.0111. The summed E-state index contributed by atoms with van der Waals surface area (Å²) in [6.45, 7) is 4.34. The maximum atomic E-state index is 12.4. The molecule has 3 rings (SSSR count). The number of amides is 1. The van der Waals surface area contributed by atoms with E-state index in [1.807, 2.05) is 19.9 Å². The summed E-state index contributed by atoms with van der Waals surface area (Å²) in [5.74, 6) is -0.280. The van der Waals surface area contributed by atoms with Crippen LogP contribution in [0.5, 0.6) is 0 Å². The summed E-state index contributed by atoms with van der Waals surface area (Å²) in [5, 5.41) is 3.47. The smallest absolute Gasteiger partial charge is 0.286 e. The zero-order valence-corrected chi connectivity index (χ0v) is 17.2. The fourth-order valence-electron chi connectivity index (χ4n) is 2.65. The lowest BCUT2D eigenvalue weighted by Crippen LogP contribution is -2.34. The predicted octanol–water partition coefficient (Wildman–Crippen LogP) is 3.90. The summed E-state index contributed by atoms with van der Waals surface area (Å²) in [6, 6.07) is 12.0. The molecule has 0 fully saturated rings. The summed E-state index contributed by atoms with van der Waals surface area (Å²) in [4.78, 5) is 14.2. The summed E-state index contributed by atoms with van der Waals surface area (Å²) in [7, 11) is -3.78. The summed E-state index contributed by atoms with van der Waals surface area (Å²) in [6.07, 6.45) is 0. The highest BCUT2D eigenvalue weighted by atomic mass is 35.5. The van der Waals surface area contributed by atoms with Gasteiger partial charge in [0.25, 0.3) is 10.0 Å². The zero-order chi connectivity index (χ0) is 19.6. The lowest BCUT2D eigenvalue weighted by molar-refractivity contribution is -0.113. The van der Waals surface area contributed by atoms with Gasteiger partial charge in [0, 0.05) is 6.54 Å². The Hall–Kier alpha value is -2.03. The molecule has 0 atom stereocenters. The molecule has 1 amide bonds. The van der Waals surface area contributed by atoms with Gasteiger partial charge in [-0.2, -0.15) is 8.42 Å². The molecule has 2 aromatic rings. The first-order valence-electron chi connectivity index (χ1n) is 8.22. The maximum absolute atomic E-state index is 12.4. The van der Waals surface area contributed by atoms with E-state index in [0.717, 1.165) is 17.3 Å². The van der Waals surface area contributed by atoms with Crippen molar-refractivity contribution in [3.63, 3.8) is 0 Å². The Kier molecular flexibility index (Phi) is 5.78. The SMILES string of the molecule is CCN1C(SCC(=O)Nc2ccc(C)cc2Cl)=NS(=O)(=O)c2ccccc21. The first-order chi connectivity index (χ1) is 12.8. The number of sulfonamides is 1. The average Bonchev–Trinajstić information content (AvgIpc) is 2.62. The van der Waals surface area contributed by atoms with Gasteiger partial charge < -0.3 is 10.2 Å². The van der Waals surface area contributed by atoms with E-state index in [0.29, 0.717) is 22.9 Å². The van der Waals surface area contributed by atoms with Gasteiger partial charge in [-0.15, -0.1) is 4.40 Å². The normalized spacial score (nSPS) is 15.1. The quantitative estimate of drug-likeness (QED) is 0.806. The van der Waals surface area contributed by atoms with Crippen molar-refractivity contribution in [3.05, 3.63) is 53.1 Å². The van der Waals surface area contributed by atoms with Crippen molar-refractivity contribution in [1.82, 2.24) is 0 Å². The van der Waals surface area contributed by atoms with E-state index in [1.54, 1.807) is 35.2 Å². The zero-order valence-electron chi connectivity index (χ0n) is 14.8. The van der Waals surface area contributed by atoms with E-state index in [-0.39, 0.29) is 21.7 Å². The summed E-state index contributed by atoms with van der Waals surface area (Å²) in [5.41, 5.74) is 2.08. The van der Waals surface area contributed by atoms with Crippen LogP contribution in [0.4, 0.5) is 11.4 Å². The number of carbonyl (C=O) groups excluding carboxylic acids is 1. The standard InChI is InChI=1S/C18H18ClN3O3S2/c1-3-22-15-6-4-5-7-16(15)27(24,25)21-18(22)26-11-17(23)20-14-9-8-12(2)10-13(14)19/h4-10H,3,11H2,1-2H3,(H,20,23). The van der Waals surface area contributed by atoms with Gasteiger partial charge in [-0.25, -0.2) is 0 Å². The van der Waals surface area contributed by atoms with E-state index < -0.39 is 10.0 Å². The number of thioether (sulfide) groups is 1. The van der Waals surface area contributed by atoms with Crippen LogP contribution in [0.2, 0.25) is 5.02 Å². The molecule has 9 heteroatoms. The number of anilines is 2.